The number of rotatable bonds is 6. The van der Waals surface area contributed by atoms with Crippen molar-refractivity contribution in [2.24, 2.45) is 0 Å². The molecule has 2 nitrogen and oxygen atoms in total. The monoisotopic (exact) mass is 401 g/mol. The van der Waals surface area contributed by atoms with Crippen LogP contribution in [0.4, 0.5) is 0 Å². The lowest BCUT2D eigenvalue weighted by molar-refractivity contribution is 0.586. The summed E-state index contributed by atoms with van der Waals surface area (Å²) in [5, 5.41) is 3.94. The molecular weight excluding hydrogens is 380 g/mol. The van der Waals surface area contributed by atoms with Crippen molar-refractivity contribution in [1.29, 1.82) is 0 Å². The zero-order valence-corrected chi connectivity index (χ0v) is 17.1. The molecule has 4 aromatic rings. The van der Waals surface area contributed by atoms with Gasteiger partial charge in [0.1, 0.15) is 0 Å². The fourth-order valence-corrected chi connectivity index (χ4v) is 8.79. The average molecular weight is 401 g/mol. The Morgan fingerprint density at radius 2 is 0.821 bits per heavy atom. The van der Waals surface area contributed by atoms with Crippen LogP contribution in [0.2, 0.25) is 0 Å². The molecule has 0 spiro atoms. The molecule has 0 saturated carbocycles. The van der Waals surface area contributed by atoms with Gasteiger partial charge in [-0.2, -0.15) is 0 Å². The summed E-state index contributed by atoms with van der Waals surface area (Å²) in [5.41, 5.74) is 0. The Labute approximate surface area is 167 Å². The Balaban J connectivity index is 1.85. The normalized spacial score (nSPS) is 11.5. The van der Waals surface area contributed by atoms with Gasteiger partial charge in [-0.25, -0.2) is 4.86 Å². The smallest absolute Gasteiger partial charge is 0.208 e. The Kier molecular flexibility index (Phi) is 5.84. The van der Waals surface area contributed by atoms with Gasteiger partial charge in [-0.15, -0.1) is 0 Å². The summed E-state index contributed by atoms with van der Waals surface area (Å²) in [7, 11) is -4.03. The zero-order valence-electron chi connectivity index (χ0n) is 15.3. The molecule has 28 heavy (non-hydrogen) atoms. The van der Waals surface area contributed by atoms with Gasteiger partial charge >= 0.3 is 0 Å². The van der Waals surface area contributed by atoms with Crippen molar-refractivity contribution in [3.05, 3.63) is 121 Å². The Morgan fingerprint density at radius 1 is 0.500 bits per heavy atom. The van der Waals surface area contributed by atoms with Crippen LogP contribution in [-0.4, -0.2) is 0 Å². The molecule has 0 aliphatic carbocycles. The van der Waals surface area contributed by atoms with Gasteiger partial charge in [0.2, 0.25) is 7.29 Å². The predicted molar refractivity (Wildman–Crippen MR) is 122 cm³/mol. The topological polar surface area (TPSA) is 29.1 Å². The first kappa shape index (κ1) is 18.8. The molecule has 0 fully saturated rings. The Hall–Kier alpha value is -2.50. The van der Waals surface area contributed by atoms with Gasteiger partial charge in [0, 0.05) is 18.7 Å². The quantitative estimate of drug-likeness (QED) is 0.480. The maximum atomic E-state index is 14.5. The minimum atomic E-state index is -3.03. The van der Waals surface area contributed by atoms with Crippen LogP contribution in [0.3, 0.4) is 0 Å². The van der Waals surface area contributed by atoms with E-state index in [1.54, 1.807) is 0 Å². The highest BCUT2D eigenvalue weighted by atomic mass is 31.2. The molecule has 4 rings (SSSR count). The number of hydrogen-bond acceptors (Lipinski definition) is 1. The summed E-state index contributed by atoms with van der Waals surface area (Å²) in [4.78, 5) is 3.62. The van der Waals surface area contributed by atoms with Crippen LogP contribution in [0, 0.1) is 0 Å². The van der Waals surface area contributed by atoms with Crippen LogP contribution in [-0.2, 0) is 4.57 Å². The van der Waals surface area contributed by atoms with E-state index in [0.29, 0.717) is 0 Å². The molecule has 4 aromatic carbocycles. The summed E-state index contributed by atoms with van der Waals surface area (Å²) in [6.07, 6.45) is 0. The van der Waals surface area contributed by atoms with Gasteiger partial charge in [-0.3, -0.25) is 4.57 Å². The Morgan fingerprint density at radius 3 is 1.18 bits per heavy atom. The summed E-state index contributed by atoms with van der Waals surface area (Å²) < 4.78 is 14.5. The van der Waals surface area contributed by atoms with E-state index in [2.05, 4.69) is 29.1 Å². The second kappa shape index (κ2) is 8.67. The molecule has 0 heterocycles. The van der Waals surface area contributed by atoms with Crippen LogP contribution in [0.25, 0.3) is 0 Å². The number of nitrogens with one attached hydrogen (secondary N) is 1. The second-order valence-corrected chi connectivity index (χ2v) is 11.1. The lowest BCUT2D eigenvalue weighted by Crippen LogP contribution is -2.30. The first-order valence-electron chi connectivity index (χ1n) is 9.17. The van der Waals surface area contributed by atoms with Gasteiger partial charge in [0.05, 0.1) is 0 Å². The van der Waals surface area contributed by atoms with Gasteiger partial charge < -0.3 is 0 Å². The van der Waals surface area contributed by atoms with Gasteiger partial charge in [-0.1, -0.05) is 97.1 Å². The molecule has 0 atom stereocenters. The molecule has 0 aromatic heterocycles. The second-order valence-electron chi connectivity index (χ2n) is 6.39. The lowest BCUT2D eigenvalue weighted by Gasteiger charge is -2.27. The van der Waals surface area contributed by atoms with Crippen molar-refractivity contribution in [3.8, 4) is 0 Å². The summed E-state index contributed by atoms with van der Waals surface area (Å²) in [5.74, 6) is 0. The highest BCUT2D eigenvalue weighted by Crippen LogP contribution is 2.48. The third kappa shape index (κ3) is 4.01. The lowest BCUT2D eigenvalue weighted by atomic mass is 10.4. The molecule has 138 valence electrons. The van der Waals surface area contributed by atoms with Crippen molar-refractivity contribution in [3.63, 3.8) is 0 Å². The standard InChI is InChI=1S/C24H21NOP2/c26-28(23-17-9-3-10-18-23,24-19-11-4-12-20-24)25-27(21-13-5-1-6-14-21)22-15-7-2-8-16-22/h1-20H,(H,25,26). The molecule has 4 heteroatoms. The third-order valence-corrected chi connectivity index (χ3v) is 10.1. The highest BCUT2D eigenvalue weighted by Gasteiger charge is 2.31. The summed E-state index contributed by atoms with van der Waals surface area (Å²) >= 11 is 0. The van der Waals surface area contributed by atoms with Gasteiger partial charge in [0.25, 0.3) is 0 Å². The van der Waals surface area contributed by atoms with Crippen LogP contribution < -0.4 is 26.1 Å². The van der Waals surface area contributed by atoms with E-state index in [0.717, 1.165) is 21.2 Å². The fourth-order valence-electron chi connectivity index (χ4n) is 3.10. The van der Waals surface area contributed by atoms with Crippen molar-refractivity contribution in [2.45, 2.75) is 0 Å². The third-order valence-electron chi connectivity index (χ3n) is 4.51. The van der Waals surface area contributed by atoms with Gasteiger partial charge in [-0.05, 0) is 34.9 Å². The van der Waals surface area contributed by atoms with Crippen LogP contribution in [0.15, 0.2) is 121 Å². The van der Waals surface area contributed by atoms with E-state index in [1.807, 2.05) is 97.1 Å². The maximum absolute atomic E-state index is 14.5. The first-order chi connectivity index (χ1) is 13.8. The SMILES string of the molecule is O=P(NP(c1ccccc1)c1ccccc1)(c1ccccc1)c1ccccc1. The zero-order chi connectivity index (χ0) is 19.2. The van der Waals surface area contributed by atoms with E-state index in [1.165, 1.54) is 0 Å². The van der Waals surface area contributed by atoms with Crippen LogP contribution in [0.5, 0.6) is 0 Å². The number of hydrogen-bond donors (Lipinski definition) is 1. The Bertz CT molecular complexity index is 972. The summed E-state index contributed by atoms with van der Waals surface area (Å²) in [6, 6.07) is 40.0. The van der Waals surface area contributed by atoms with Crippen molar-refractivity contribution in [1.82, 2.24) is 4.86 Å². The minimum absolute atomic E-state index is 0.820. The van der Waals surface area contributed by atoms with E-state index < -0.39 is 15.4 Å². The van der Waals surface area contributed by atoms with Crippen LogP contribution >= 0.6 is 15.4 Å². The molecular formula is C24H21NOP2. The van der Waals surface area contributed by atoms with Crippen molar-refractivity contribution >= 4 is 36.6 Å². The molecule has 1 N–H and O–H groups in total. The van der Waals surface area contributed by atoms with Crippen molar-refractivity contribution in [2.75, 3.05) is 0 Å². The van der Waals surface area contributed by atoms with Crippen molar-refractivity contribution < 1.29 is 4.57 Å². The molecule has 0 aliphatic rings. The maximum Gasteiger partial charge on any atom is 0.208 e. The average Bonchev–Trinajstić information content (AvgIpc) is 2.80. The fraction of sp³-hybridized carbons (Fsp3) is 0. The predicted octanol–water partition coefficient (Wildman–Crippen LogP) is 4.55. The molecule has 0 saturated heterocycles. The van der Waals surface area contributed by atoms with E-state index in [9.17, 15) is 4.57 Å². The molecule has 0 bridgehead atoms. The molecule has 0 unspecified atom stereocenters. The van der Waals surface area contributed by atoms with E-state index in [4.69, 9.17) is 0 Å². The van der Waals surface area contributed by atoms with Gasteiger partial charge in [0.15, 0.2) is 0 Å². The number of benzene rings is 4. The highest BCUT2D eigenvalue weighted by molar-refractivity contribution is 7.88. The first-order valence-corrected chi connectivity index (χ1v) is 12.2. The molecule has 0 amide bonds. The van der Waals surface area contributed by atoms with E-state index in [-0.39, 0.29) is 0 Å². The molecule has 0 radical (unpaired) electrons. The minimum Gasteiger partial charge on any atom is -0.296 e. The van der Waals surface area contributed by atoms with Crippen LogP contribution in [0.1, 0.15) is 0 Å². The molecule has 0 aliphatic heterocycles. The summed E-state index contributed by atoms with van der Waals surface area (Å²) in [6.45, 7) is 0. The largest absolute Gasteiger partial charge is 0.296 e. The van der Waals surface area contributed by atoms with E-state index >= 15 is 0 Å².